The van der Waals surface area contributed by atoms with E-state index >= 15 is 0 Å². The van der Waals surface area contributed by atoms with E-state index in [-0.39, 0.29) is 12.8 Å². The normalized spacial score (nSPS) is 42.9. The molecule has 0 aliphatic heterocycles. The summed E-state index contributed by atoms with van der Waals surface area (Å²) in [6, 6.07) is 0. The number of alkyl halides is 2. The van der Waals surface area contributed by atoms with Gasteiger partial charge in [0, 0.05) is 11.8 Å². The molecule has 0 aromatic rings. The average Bonchev–Trinajstić information content (AvgIpc) is 2.34. The fourth-order valence-corrected chi connectivity index (χ4v) is 2.15. The molecule has 0 aromatic heterocycles. The van der Waals surface area contributed by atoms with Gasteiger partial charge in [0.25, 0.3) is 5.78 Å². The van der Waals surface area contributed by atoms with Gasteiger partial charge in [0.1, 0.15) is 12.3 Å². The number of ketones is 3. The number of hydrogen-bond donors (Lipinski definition) is 0. The maximum absolute atomic E-state index is 12.9. The van der Waals surface area contributed by atoms with Gasteiger partial charge in [0.15, 0.2) is 0 Å². The van der Waals surface area contributed by atoms with Gasteiger partial charge >= 0.3 is 0 Å². The van der Waals surface area contributed by atoms with Crippen molar-refractivity contribution >= 4 is 17.3 Å². The maximum Gasteiger partial charge on any atom is 0.264 e. The van der Waals surface area contributed by atoms with E-state index < -0.39 is 41.5 Å². The largest absolute Gasteiger partial charge is 0.290 e. The van der Waals surface area contributed by atoms with Crippen molar-refractivity contribution in [2.45, 2.75) is 25.2 Å². The van der Waals surface area contributed by atoms with Gasteiger partial charge in [-0.15, -0.1) is 0 Å². The van der Waals surface area contributed by atoms with Gasteiger partial charge in [-0.3, -0.25) is 14.4 Å². The van der Waals surface area contributed by atoms with Gasteiger partial charge in [-0.1, -0.05) is 0 Å². The quantitative estimate of drug-likeness (QED) is 0.534. The summed E-state index contributed by atoms with van der Waals surface area (Å²) in [4.78, 5) is 33.2. The zero-order valence-corrected chi connectivity index (χ0v) is 7.20. The van der Waals surface area contributed by atoms with Crippen LogP contribution in [0.5, 0.6) is 0 Å². The second-order valence-corrected chi connectivity index (χ2v) is 3.77. The molecule has 0 saturated heterocycles. The Balaban J connectivity index is 2.28. The molecule has 0 radical (unpaired) electrons. The Morgan fingerprint density at radius 1 is 0.857 bits per heavy atom. The summed E-state index contributed by atoms with van der Waals surface area (Å²) < 4.78 is 25.8. The zero-order valence-electron chi connectivity index (χ0n) is 7.20. The smallest absolute Gasteiger partial charge is 0.264 e. The molecule has 0 amide bonds. The minimum Gasteiger partial charge on any atom is -0.290 e. The van der Waals surface area contributed by atoms with Crippen molar-refractivity contribution in [2.24, 2.45) is 11.8 Å². The van der Waals surface area contributed by atoms with Crippen LogP contribution >= 0.6 is 0 Å². The molecule has 4 unspecified atom stereocenters. The van der Waals surface area contributed by atoms with Gasteiger partial charge in [-0.05, 0) is 12.8 Å². The number of rotatable bonds is 0. The SMILES string of the molecule is O=C1C(=O)C2CC(F)C(F)CC2C1=O. The van der Waals surface area contributed by atoms with Crippen molar-refractivity contribution in [3.05, 3.63) is 0 Å². The van der Waals surface area contributed by atoms with Crippen molar-refractivity contribution in [2.75, 3.05) is 0 Å². The summed E-state index contributed by atoms with van der Waals surface area (Å²) in [5, 5.41) is 0. The van der Waals surface area contributed by atoms with Crippen LogP contribution in [-0.4, -0.2) is 29.7 Å². The zero-order chi connectivity index (χ0) is 10.5. The highest BCUT2D eigenvalue weighted by Crippen LogP contribution is 2.39. The fraction of sp³-hybridized carbons (Fsp3) is 0.667. The van der Waals surface area contributed by atoms with E-state index in [2.05, 4.69) is 0 Å². The first-order valence-corrected chi connectivity index (χ1v) is 4.43. The van der Waals surface area contributed by atoms with Crippen LogP contribution in [0.2, 0.25) is 0 Å². The second-order valence-electron chi connectivity index (χ2n) is 3.77. The van der Waals surface area contributed by atoms with E-state index in [1.165, 1.54) is 0 Å². The third-order valence-corrected chi connectivity index (χ3v) is 2.96. The van der Waals surface area contributed by atoms with Gasteiger partial charge in [-0.2, -0.15) is 0 Å². The van der Waals surface area contributed by atoms with E-state index in [0.29, 0.717) is 0 Å². The van der Waals surface area contributed by atoms with E-state index in [4.69, 9.17) is 0 Å². The highest BCUT2D eigenvalue weighted by atomic mass is 19.2. The first-order valence-electron chi connectivity index (χ1n) is 4.43. The molecule has 2 fully saturated rings. The topological polar surface area (TPSA) is 51.2 Å². The van der Waals surface area contributed by atoms with Crippen LogP contribution in [0.3, 0.4) is 0 Å². The molecule has 2 aliphatic carbocycles. The standard InChI is InChI=1S/C9H8F2O3/c10-5-1-3-4(2-6(5)11)8(13)9(14)7(3)12/h3-6H,1-2H2. The van der Waals surface area contributed by atoms with Crippen molar-refractivity contribution in [3.8, 4) is 0 Å². The van der Waals surface area contributed by atoms with Crippen molar-refractivity contribution < 1.29 is 23.2 Å². The predicted octanol–water partition coefficient (Wildman–Crippen LogP) is 0.410. The lowest BCUT2D eigenvalue weighted by molar-refractivity contribution is -0.141. The van der Waals surface area contributed by atoms with Crippen molar-refractivity contribution in [3.63, 3.8) is 0 Å². The molecule has 0 spiro atoms. The van der Waals surface area contributed by atoms with Gasteiger partial charge in [-0.25, -0.2) is 8.78 Å². The summed E-state index contributed by atoms with van der Waals surface area (Å²) in [6.45, 7) is 0. The predicted molar refractivity (Wildman–Crippen MR) is 41.0 cm³/mol. The van der Waals surface area contributed by atoms with Crippen LogP contribution in [0.15, 0.2) is 0 Å². The lowest BCUT2D eigenvalue weighted by Gasteiger charge is -2.27. The van der Waals surface area contributed by atoms with Gasteiger partial charge < -0.3 is 0 Å². The third kappa shape index (κ3) is 1.11. The molecule has 0 bridgehead atoms. The van der Waals surface area contributed by atoms with Crippen molar-refractivity contribution in [1.82, 2.24) is 0 Å². The fourth-order valence-electron chi connectivity index (χ4n) is 2.15. The first-order chi connectivity index (χ1) is 6.52. The number of Topliss-reactive ketones (excluding diaryl/α,β-unsaturated/α-hetero) is 3. The molecule has 0 heterocycles. The number of fused-ring (bicyclic) bond motifs is 1. The number of carbonyl (C=O) groups is 3. The Morgan fingerprint density at radius 3 is 1.57 bits per heavy atom. The average molecular weight is 202 g/mol. The molecular weight excluding hydrogens is 194 g/mol. The molecular formula is C9H8F2O3. The van der Waals surface area contributed by atoms with Crippen molar-refractivity contribution in [1.29, 1.82) is 0 Å². The van der Waals surface area contributed by atoms with E-state index in [1.54, 1.807) is 0 Å². The molecule has 76 valence electrons. The van der Waals surface area contributed by atoms with Crippen LogP contribution < -0.4 is 0 Å². The van der Waals surface area contributed by atoms with Crippen LogP contribution in [0.1, 0.15) is 12.8 Å². The van der Waals surface area contributed by atoms with Gasteiger partial charge in [0.05, 0.1) is 0 Å². The number of carbonyl (C=O) groups excluding carboxylic acids is 3. The maximum atomic E-state index is 12.9. The first kappa shape index (κ1) is 9.43. The molecule has 4 atom stereocenters. The summed E-state index contributed by atoms with van der Waals surface area (Å²) in [6.07, 6.45) is -4.11. The Kier molecular flexibility index (Phi) is 1.97. The Hall–Kier alpha value is -1.13. The van der Waals surface area contributed by atoms with Crippen LogP contribution in [-0.2, 0) is 14.4 Å². The monoisotopic (exact) mass is 202 g/mol. The highest BCUT2D eigenvalue weighted by molar-refractivity contribution is 6.68. The second kappa shape index (κ2) is 2.93. The van der Waals surface area contributed by atoms with E-state index in [0.717, 1.165) is 0 Å². The minimum atomic E-state index is -1.72. The summed E-state index contributed by atoms with van der Waals surface area (Å²) in [5.74, 6) is -4.57. The van der Waals surface area contributed by atoms with E-state index in [1.807, 2.05) is 0 Å². The highest BCUT2D eigenvalue weighted by Gasteiger charge is 2.53. The van der Waals surface area contributed by atoms with Crippen LogP contribution in [0.25, 0.3) is 0 Å². The molecule has 2 saturated carbocycles. The Bertz CT molecular complexity index is 296. The van der Waals surface area contributed by atoms with Crippen LogP contribution in [0.4, 0.5) is 8.78 Å². The molecule has 14 heavy (non-hydrogen) atoms. The Morgan fingerprint density at radius 2 is 1.21 bits per heavy atom. The van der Waals surface area contributed by atoms with Gasteiger partial charge in [0.2, 0.25) is 11.6 Å². The lowest BCUT2D eigenvalue weighted by Crippen LogP contribution is -2.35. The number of hydrogen-bond acceptors (Lipinski definition) is 3. The lowest BCUT2D eigenvalue weighted by atomic mass is 9.79. The summed E-state index contributed by atoms with van der Waals surface area (Å²) >= 11 is 0. The summed E-state index contributed by atoms with van der Waals surface area (Å²) in [7, 11) is 0. The molecule has 2 rings (SSSR count). The molecule has 0 aromatic carbocycles. The Labute approximate surface area is 78.5 Å². The molecule has 0 N–H and O–H groups in total. The molecule has 3 nitrogen and oxygen atoms in total. The van der Waals surface area contributed by atoms with Crippen LogP contribution in [0, 0.1) is 11.8 Å². The molecule has 5 heteroatoms. The minimum absolute atomic E-state index is 0.331. The summed E-state index contributed by atoms with van der Waals surface area (Å²) in [5.41, 5.74) is 0. The number of halogens is 2. The van der Waals surface area contributed by atoms with E-state index in [9.17, 15) is 23.2 Å². The third-order valence-electron chi connectivity index (χ3n) is 2.96. The molecule has 2 aliphatic rings.